The van der Waals surface area contributed by atoms with Crippen molar-refractivity contribution in [3.63, 3.8) is 0 Å². The number of hydrogen-bond acceptors (Lipinski definition) is 6. The topological polar surface area (TPSA) is 52.1 Å². The van der Waals surface area contributed by atoms with Gasteiger partial charge in [-0.1, -0.05) is 23.9 Å². The van der Waals surface area contributed by atoms with E-state index in [0.717, 1.165) is 21.3 Å². The number of fused-ring (bicyclic) bond motifs is 1. The molecule has 1 aromatic carbocycles. The number of ether oxygens (including phenoxy) is 1. The molecule has 0 aliphatic carbocycles. The first-order valence-electron chi connectivity index (χ1n) is 6.82. The lowest BCUT2D eigenvalue weighted by Crippen LogP contribution is -2.14. The second kappa shape index (κ2) is 6.64. The Morgan fingerprint density at radius 1 is 1.30 bits per heavy atom. The Balaban J connectivity index is 2.07. The Bertz CT molecular complexity index is 849. The first kappa shape index (κ1) is 15.9. The maximum atomic E-state index is 13.1. The second-order valence-corrected chi connectivity index (χ2v) is 6.99. The summed E-state index contributed by atoms with van der Waals surface area (Å²) in [6, 6.07) is 6.29. The van der Waals surface area contributed by atoms with E-state index in [9.17, 15) is 9.18 Å². The standard InChI is InChI=1S/C16H13FN2O2S2/c1-9(16(20)21-2)23-15-13-12(7-22-14(13)18-8-19-15)10-3-5-11(17)6-4-10/h3-9H,1-2H3/t9-/m0/s1. The van der Waals surface area contributed by atoms with Gasteiger partial charge in [0.2, 0.25) is 0 Å². The van der Waals surface area contributed by atoms with Gasteiger partial charge in [0.15, 0.2) is 0 Å². The normalized spacial score (nSPS) is 12.3. The smallest absolute Gasteiger partial charge is 0.318 e. The van der Waals surface area contributed by atoms with E-state index in [1.807, 2.05) is 5.38 Å². The van der Waals surface area contributed by atoms with Crippen LogP contribution in [0.5, 0.6) is 0 Å². The third-order valence-corrected chi connectivity index (χ3v) is 5.28. The fraction of sp³-hybridized carbons (Fsp3) is 0.188. The minimum Gasteiger partial charge on any atom is -0.468 e. The van der Waals surface area contributed by atoms with Crippen molar-refractivity contribution in [3.8, 4) is 11.1 Å². The van der Waals surface area contributed by atoms with Gasteiger partial charge in [-0.15, -0.1) is 11.3 Å². The highest BCUT2D eigenvalue weighted by Gasteiger charge is 2.20. The van der Waals surface area contributed by atoms with Crippen molar-refractivity contribution in [1.29, 1.82) is 0 Å². The van der Waals surface area contributed by atoms with E-state index in [4.69, 9.17) is 4.74 Å². The van der Waals surface area contributed by atoms with E-state index in [0.29, 0.717) is 5.03 Å². The lowest BCUT2D eigenvalue weighted by atomic mass is 10.1. The molecule has 0 radical (unpaired) electrons. The first-order valence-corrected chi connectivity index (χ1v) is 8.58. The zero-order chi connectivity index (χ0) is 16.4. The lowest BCUT2D eigenvalue weighted by Gasteiger charge is -2.09. The molecule has 4 nitrogen and oxygen atoms in total. The van der Waals surface area contributed by atoms with Crippen LogP contribution in [0.1, 0.15) is 6.92 Å². The van der Waals surface area contributed by atoms with E-state index in [-0.39, 0.29) is 17.0 Å². The minimum atomic E-state index is -0.376. The molecule has 118 valence electrons. The summed E-state index contributed by atoms with van der Waals surface area (Å²) in [5, 5.41) is 3.19. The number of thiophene rings is 1. The van der Waals surface area contributed by atoms with Gasteiger partial charge < -0.3 is 4.74 Å². The summed E-state index contributed by atoms with van der Waals surface area (Å²) < 4.78 is 17.9. The summed E-state index contributed by atoms with van der Waals surface area (Å²) in [6.45, 7) is 1.77. The van der Waals surface area contributed by atoms with E-state index in [2.05, 4.69) is 9.97 Å². The van der Waals surface area contributed by atoms with Gasteiger partial charge in [-0.3, -0.25) is 4.79 Å². The van der Waals surface area contributed by atoms with Gasteiger partial charge in [0.1, 0.15) is 27.3 Å². The highest BCUT2D eigenvalue weighted by atomic mass is 32.2. The number of halogens is 1. The molecule has 0 aliphatic heterocycles. The van der Waals surface area contributed by atoms with Crippen LogP contribution in [0.2, 0.25) is 0 Å². The monoisotopic (exact) mass is 348 g/mol. The molecule has 7 heteroatoms. The van der Waals surface area contributed by atoms with Crippen LogP contribution in [0.4, 0.5) is 4.39 Å². The van der Waals surface area contributed by atoms with Crippen molar-refractivity contribution in [2.45, 2.75) is 17.2 Å². The lowest BCUT2D eigenvalue weighted by molar-refractivity contribution is -0.139. The molecule has 0 N–H and O–H groups in total. The predicted molar refractivity (Wildman–Crippen MR) is 90.1 cm³/mol. The number of carbonyl (C=O) groups is 1. The summed E-state index contributed by atoms with van der Waals surface area (Å²) in [5.41, 5.74) is 1.82. The molecule has 0 saturated carbocycles. The van der Waals surface area contributed by atoms with Crippen LogP contribution in [0, 0.1) is 5.82 Å². The fourth-order valence-electron chi connectivity index (χ4n) is 2.16. The molecule has 2 heterocycles. The molecular formula is C16H13FN2O2S2. The van der Waals surface area contributed by atoms with Crippen LogP contribution in [-0.2, 0) is 9.53 Å². The number of carbonyl (C=O) groups excluding carboxylic acids is 1. The van der Waals surface area contributed by atoms with Crippen LogP contribution >= 0.6 is 23.1 Å². The van der Waals surface area contributed by atoms with Crippen LogP contribution < -0.4 is 0 Å². The van der Waals surface area contributed by atoms with Gasteiger partial charge in [-0.25, -0.2) is 14.4 Å². The molecule has 23 heavy (non-hydrogen) atoms. The molecule has 0 fully saturated rings. The van der Waals surface area contributed by atoms with E-state index >= 15 is 0 Å². The van der Waals surface area contributed by atoms with E-state index < -0.39 is 0 Å². The summed E-state index contributed by atoms with van der Waals surface area (Å²) >= 11 is 2.82. The predicted octanol–water partition coefficient (Wildman–Crippen LogP) is 4.15. The van der Waals surface area contributed by atoms with Crippen molar-refractivity contribution >= 4 is 39.3 Å². The van der Waals surface area contributed by atoms with Crippen LogP contribution in [-0.4, -0.2) is 28.3 Å². The highest BCUT2D eigenvalue weighted by Crippen LogP contribution is 2.39. The fourth-order valence-corrected chi connectivity index (χ4v) is 4.10. The van der Waals surface area contributed by atoms with Crippen LogP contribution in [0.15, 0.2) is 41.0 Å². The Morgan fingerprint density at radius 2 is 2.04 bits per heavy atom. The number of benzene rings is 1. The second-order valence-electron chi connectivity index (χ2n) is 4.80. The molecule has 3 aromatic rings. The van der Waals surface area contributed by atoms with Crippen molar-refractivity contribution < 1.29 is 13.9 Å². The molecule has 0 spiro atoms. The van der Waals surface area contributed by atoms with Gasteiger partial charge in [0, 0.05) is 10.9 Å². The molecule has 0 saturated heterocycles. The van der Waals surface area contributed by atoms with Crippen molar-refractivity contribution in [3.05, 3.63) is 41.8 Å². The Morgan fingerprint density at radius 3 is 2.74 bits per heavy atom. The summed E-state index contributed by atoms with van der Waals surface area (Å²) in [6.07, 6.45) is 1.49. The van der Waals surface area contributed by atoms with Crippen molar-refractivity contribution in [2.75, 3.05) is 7.11 Å². The number of esters is 1. The summed E-state index contributed by atoms with van der Waals surface area (Å²) in [7, 11) is 1.36. The molecule has 0 bridgehead atoms. The number of hydrogen-bond donors (Lipinski definition) is 0. The quantitative estimate of drug-likeness (QED) is 0.403. The number of nitrogens with zero attached hydrogens (tertiary/aromatic N) is 2. The number of rotatable bonds is 4. The molecule has 1 atom stereocenters. The van der Waals surface area contributed by atoms with Gasteiger partial charge in [-0.2, -0.15) is 0 Å². The number of aromatic nitrogens is 2. The van der Waals surface area contributed by atoms with Gasteiger partial charge in [0.25, 0.3) is 0 Å². The molecular weight excluding hydrogens is 335 g/mol. The molecule has 2 aromatic heterocycles. The largest absolute Gasteiger partial charge is 0.468 e. The average Bonchev–Trinajstić information content (AvgIpc) is 3.00. The maximum absolute atomic E-state index is 13.1. The summed E-state index contributed by atoms with van der Waals surface area (Å²) in [5.74, 6) is -0.584. The number of thioether (sulfide) groups is 1. The van der Waals surface area contributed by atoms with Crippen molar-refractivity contribution in [1.82, 2.24) is 9.97 Å². The van der Waals surface area contributed by atoms with Crippen LogP contribution in [0.25, 0.3) is 21.3 Å². The Hall–Kier alpha value is -1.99. The van der Waals surface area contributed by atoms with Gasteiger partial charge >= 0.3 is 5.97 Å². The van der Waals surface area contributed by atoms with Crippen LogP contribution in [0.3, 0.4) is 0 Å². The Kier molecular flexibility index (Phi) is 4.58. The highest BCUT2D eigenvalue weighted by molar-refractivity contribution is 8.00. The third kappa shape index (κ3) is 3.20. The average molecular weight is 348 g/mol. The molecule has 0 unspecified atom stereocenters. The van der Waals surface area contributed by atoms with Gasteiger partial charge in [-0.05, 0) is 24.6 Å². The molecule has 3 rings (SSSR count). The SMILES string of the molecule is COC(=O)[C@H](C)Sc1ncnc2scc(-c3ccc(F)cc3)c12. The van der Waals surface area contributed by atoms with E-state index in [1.165, 1.54) is 48.7 Å². The zero-order valence-corrected chi connectivity index (χ0v) is 14.1. The van der Waals surface area contributed by atoms with Crippen molar-refractivity contribution in [2.24, 2.45) is 0 Å². The summed E-state index contributed by atoms with van der Waals surface area (Å²) in [4.78, 5) is 21.1. The molecule has 0 amide bonds. The number of methoxy groups -OCH3 is 1. The minimum absolute atomic E-state index is 0.279. The third-order valence-electron chi connectivity index (χ3n) is 3.31. The van der Waals surface area contributed by atoms with E-state index in [1.54, 1.807) is 19.1 Å². The maximum Gasteiger partial charge on any atom is 0.318 e. The van der Waals surface area contributed by atoms with Gasteiger partial charge in [0.05, 0.1) is 12.5 Å². The first-order chi connectivity index (χ1) is 11.1. The Labute approximate surface area is 140 Å². The molecule has 0 aliphatic rings. The zero-order valence-electron chi connectivity index (χ0n) is 12.4.